The summed E-state index contributed by atoms with van der Waals surface area (Å²) in [5.74, 6) is -0.297. The molecular weight excluding hydrogens is 511 g/mol. The van der Waals surface area contributed by atoms with E-state index in [-0.39, 0.29) is 22.2 Å². The summed E-state index contributed by atoms with van der Waals surface area (Å²) in [7, 11) is 2.03. The number of benzene rings is 2. The topological polar surface area (TPSA) is 83.4 Å². The number of hydrogen-bond acceptors (Lipinski definition) is 5. The summed E-state index contributed by atoms with van der Waals surface area (Å²) in [4.78, 5) is 34.9. The number of nitrogens with one attached hydrogen (secondary N) is 1. The molecule has 1 N–H and O–H groups in total. The third kappa shape index (κ3) is 5.36. The first kappa shape index (κ1) is 25.0. The molecule has 1 fully saturated rings. The molecule has 0 aliphatic carbocycles. The zero-order valence-electron chi connectivity index (χ0n) is 20.1. The number of hydrogen-bond donors (Lipinski definition) is 1. The Labute approximate surface area is 224 Å². The summed E-state index contributed by atoms with van der Waals surface area (Å²) < 4.78 is 1.55. The minimum absolute atomic E-state index is 0.180. The van der Waals surface area contributed by atoms with Crippen LogP contribution in [0.2, 0.25) is 10.0 Å². The molecule has 1 aliphatic rings. The number of pyridine rings is 1. The number of carbonyl (C=O) groups is 2. The molecule has 8 nitrogen and oxygen atoms in total. The Hall–Kier alpha value is -3.72. The Balaban J connectivity index is 1.48. The van der Waals surface area contributed by atoms with Crippen LogP contribution in [0.4, 0.5) is 5.82 Å². The Bertz CT molecular complexity index is 1430. The molecule has 0 spiro atoms. The molecule has 0 atom stereocenters. The third-order valence-electron chi connectivity index (χ3n) is 6.20. The molecule has 1 aliphatic heterocycles. The van der Waals surface area contributed by atoms with Crippen molar-refractivity contribution in [1.29, 1.82) is 0 Å². The quantitative estimate of drug-likeness (QED) is 0.394. The lowest BCUT2D eigenvalue weighted by Crippen LogP contribution is -2.47. The maximum absolute atomic E-state index is 13.4. The number of para-hydroxylation sites is 1. The molecule has 0 saturated carbocycles. The highest BCUT2D eigenvalue weighted by Crippen LogP contribution is 2.32. The predicted molar refractivity (Wildman–Crippen MR) is 145 cm³/mol. The lowest BCUT2D eigenvalue weighted by Gasteiger charge is -2.31. The number of piperazine rings is 1. The monoisotopic (exact) mass is 534 g/mol. The van der Waals surface area contributed by atoms with Crippen LogP contribution in [0.25, 0.3) is 16.9 Å². The van der Waals surface area contributed by atoms with Gasteiger partial charge in [0.15, 0.2) is 5.69 Å². The lowest BCUT2D eigenvalue weighted by molar-refractivity contribution is 0.0657. The minimum Gasteiger partial charge on any atom is -0.335 e. The van der Waals surface area contributed by atoms with E-state index < -0.39 is 5.91 Å². The van der Waals surface area contributed by atoms with Gasteiger partial charge in [-0.2, -0.15) is 5.10 Å². The first-order valence-corrected chi connectivity index (χ1v) is 12.5. The van der Waals surface area contributed by atoms with Crippen molar-refractivity contribution in [3.8, 4) is 16.9 Å². The lowest BCUT2D eigenvalue weighted by atomic mass is 10.1. The molecule has 3 heterocycles. The molecule has 2 amide bonds. The fourth-order valence-electron chi connectivity index (χ4n) is 4.14. The Kier molecular flexibility index (Phi) is 7.23. The van der Waals surface area contributed by atoms with E-state index in [0.29, 0.717) is 40.9 Å². The van der Waals surface area contributed by atoms with Crippen LogP contribution < -0.4 is 5.32 Å². The normalized spacial score (nSPS) is 14.0. The van der Waals surface area contributed by atoms with Crippen molar-refractivity contribution in [3.05, 3.63) is 94.2 Å². The van der Waals surface area contributed by atoms with Gasteiger partial charge < -0.3 is 15.1 Å². The van der Waals surface area contributed by atoms with E-state index in [4.69, 9.17) is 23.2 Å². The number of nitrogens with zero attached hydrogens (tertiary/aromatic N) is 5. The van der Waals surface area contributed by atoms with Gasteiger partial charge in [0.25, 0.3) is 11.8 Å². The maximum atomic E-state index is 13.4. The van der Waals surface area contributed by atoms with Gasteiger partial charge in [-0.1, -0.05) is 47.5 Å². The molecule has 1 saturated heterocycles. The second-order valence-electron chi connectivity index (χ2n) is 8.74. The molecule has 0 unspecified atom stereocenters. The van der Waals surface area contributed by atoms with Crippen LogP contribution in [0.3, 0.4) is 0 Å². The first-order chi connectivity index (χ1) is 17.9. The number of amides is 2. The van der Waals surface area contributed by atoms with Gasteiger partial charge in [-0.25, -0.2) is 4.68 Å². The predicted octanol–water partition coefficient (Wildman–Crippen LogP) is 4.88. The number of carbonyl (C=O) groups excluding carboxylic acids is 2. The summed E-state index contributed by atoms with van der Waals surface area (Å²) >= 11 is 12.8. The van der Waals surface area contributed by atoms with Crippen LogP contribution in [0, 0.1) is 0 Å². The van der Waals surface area contributed by atoms with Gasteiger partial charge in [-0.15, -0.1) is 0 Å². The summed E-state index contributed by atoms with van der Waals surface area (Å²) in [5, 5.41) is 8.02. The highest BCUT2D eigenvalue weighted by Gasteiger charge is 2.25. The molecule has 10 heteroatoms. The van der Waals surface area contributed by atoms with Gasteiger partial charge in [0.2, 0.25) is 0 Å². The average molecular weight is 535 g/mol. The first-order valence-electron chi connectivity index (χ1n) is 11.8. The Morgan fingerprint density at radius 3 is 2.32 bits per heavy atom. The summed E-state index contributed by atoms with van der Waals surface area (Å²) in [6.07, 6.45) is 1.65. The van der Waals surface area contributed by atoms with Crippen molar-refractivity contribution >= 4 is 40.8 Å². The molecule has 37 heavy (non-hydrogen) atoms. The van der Waals surface area contributed by atoms with Crippen molar-refractivity contribution in [2.24, 2.45) is 0 Å². The fourth-order valence-corrected chi connectivity index (χ4v) is 4.70. The van der Waals surface area contributed by atoms with E-state index in [0.717, 1.165) is 13.1 Å². The molecule has 0 radical (unpaired) electrons. The molecule has 2 aromatic carbocycles. The number of likely N-dealkylation sites (N-methyl/N-ethyl adjacent to an activating group) is 1. The van der Waals surface area contributed by atoms with E-state index in [2.05, 4.69) is 20.3 Å². The molecule has 2 aromatic heterocycles. The van der Waals surface area contributed by atoms with Crippen molar-refractivity contribution in [2.75, 3.05) is 38.5 Å². The summed E-state index contributed by atoms with van der Waals surface area (Å²) in [6, 6.07) is 19.5. The van der Waals surface area contributed by atoms with Crippen LogP contribution >= 0.6 is 23.2 Å². The van der Waals surface area contributed by atoms with Crippen LogP contribution in [0.1, 0.15) is 20.8 Å². The summed E-state index contributed by atoms with van der Waals surface area (Å²) in [6.45, 7) is 2.82. The van der Waals surface area contributed by atoms with Crippen molar-refractivity contribution in [2.45, 2.75) is 0 Å². The van der Waals surface area contributed by atoms with Crippen LogP contribution in [0.5, 0.6) is 0 Å². The van der Waals surface area contributed by atoms with Crippen LogP contribution in [0.15, 0.2) is 72.9 Å². The SMILES string of the molecule is CN1CCN(C(=O)c2cc(NC(=O)c3cc(-c4ccccn4)c(Cl)cc3Cl)n(-c3ccccc3)n2)CC1. The maximum Gasteiger partial charge on any atom is 0.274 e. The van der Waals surface area contributed by atoms with E-state index in [9.17, 15) is 9.59 Å². The molecule has 4 aromatic rings. The van der Waals surface area contributed by atoms with Crippen molar-refractivity contribution in [1.82, 2.24) is 24.6 Å². The fraction of sp³-hybridized carbons (Fsp3) is 0.185. The minimum atomic E-state index is -0.463. The number of halogens is 2. The van der Waals surface area contributed by atoms with Crippen LogP contribution in [-0.2, 0) is 0 Å². The van der Waals surface area contributed by atoms with Crippen molar-refractivity contribution < 1.29 is 9.59 Å². The number of rotatable bonds is 5. The molecule has 188 valence electrons. The van der Waals surface area contributed by atoms with Gasteiger partial charge in [-0.3, -0.25) is 14.6 Å². The zero-order valence-corrected chi connectivity index (χ0v) is 21.6. The molecule has 0 bridgehead atoms. The van der Waals surface area contributed by atoms with Gasteiger partial charge >= 0.3 is 0 Å². The van der Waals surface area contributed by atoms with E-state index >= 15 is 0 Å². The highest BCUT2D eigenvalue weighted by atomic mass is 35.5. The van der Waals surface area contributed by atoms with E-state index in [1.165, 1.54) is 6.07 Å². The summed E-state index contributed by atoms with van der Waals surface area (Å²) in [5.41, 5.74) is 2.37. The number of anilines is 1. The Morgan fingerprint density at radius 1 is 0.892 bits per heavy atom. The van der Waals surface area contributed by atoms with Crippen LogP contribution in [-0.4, -0.2) is 69.6 Å². The molecular formula is C27H24Cl2N6O2. The zero-order chi connectivity index (χ0) is 25.9. The van der Waals surface area contributed by atoms with E-state index in [1.807, 2.05) is 43.4 Å². The largest absolute Gasteiger partial charge is 0.335 e. The second-order valence-corrected chi connectivity index (χ2v) is 9.55. The standard InChI is InChI=1S/C27H24Cl2N6O2/c1-33-11-13-34(14-12-33)27(37)24-17-25(35(32-24)18-7-3-2-4-8-18)31-26(36)20-15-19(21(28)16-22(20)29)23-9-5-6-10-30-23/h2-10,15-17H,11-14H2,1H3,(H,31,36). The third-order valence-corrected chi connectivity index (χ3v) is 6.83. The average Bonchev–Trinajstić information content (AvgIpc) is 3.33. The Morgan fingerprint density at radius 2 is 1.62 bits per heavy atom. The van der Waals surface area contributed by atoms with Gasteiger partial charge in [0.1, 0.15) is 5.82 Å². The second kappa shape index (κ2) is 10.7. The van der Waals surface area contributed by atoms with Gasteiger partial charge in [0.05, 0.1) is 27.0 Å². The highest BCUT2D eigenvalue weighted by molar-refractivity contribution is 6.38. The molecule has 5 rings (SSSR count). The number of aromatic nitrogens is 3. The smallest absolute Gasteiger partial charge is 0.274 e. The van der Waals surface area contributed by atoms with E-state index in [1.54, 1.807) is 40.0 Å². The van der Waals surface area contributed by atoms with Crippen molar-refractivity contribution in [3.63, 3.8) is 0 Å². The van der Waals surface area contributed by atoms with Gasteiger partial charge in [0, 0.05) is 44.0 Å². The van der Waals surface area contributed by atoms with Gasteiger partial charge in [-0.05, 0) is 43.4 Å².